The SMILES string of the molecule is CC(C)(C)n1c(C2CCCC2C(=O)O)nc2cnccc21. The van der Waals surface area contributed by atoms with Crippen molar-refractivity contribution in [1.82, 2.24) is 14.5 Å². The first-order chi connectivity index (χ1) is 9.89. The third kappa shape index (κ3) is 2.30. The first-order valence-electron chi connectivity index (χ1n) is 7.45. The van der Waals surface area contributed by atoms with Crippen LogP contribution in [0.15, 0.2) is 18.5 Å². The van der Waals surface area contributed by atoms with E-state index in [9.17, 15) is 9.90 Å². The van der Waals surface area contributed by atoms with Crippen molar-refractivity contribution in [2.45, 2.75) is 51.5 Å². The van der Waals surface area contributed by atoms with Gasteiger partial charge in [0.15, 0.2) is 0 Å². The number of hydrogen-bond donors (Lipinski definition) is 1. The lowest BCUT2D eigenvalue weighted by molar-refractivity contribution is -0.142. The molecule has 5 nitrogen and oxygen atoms in total. The summed E-state index contributed by atoms with van der Waals surface area (Å²) < 4.78 is 2.19. The van der Waals surface area contributed by atoms with E-state index in [0.29, 0.717) is 0 Å². The first-order valence-corrected chi connectivity index (χ1v) is 7.45. The predicted octanol–water partition coefficient (Wildman–Crippen LogP) is 3.15. The Kier molecular flexibility index (Phi) is 3.23. The zero-order chi connectivity index (χ0) is 15.2. The Hall–Kier alpha value is -1.91. The molecular weight excluding hydrogens is 266 g/mol. The zero-order valence-corrected chi connectivity index (χ0v) is 12.7. The van der Waals surface area contributed by atoms with Crippen LogP contribution in [-0.2, 0) is 10.3 Å². The minimum absolute atomic E-state index is 0.00544. The highest BCUT2D eigenvalue weighted by atomic mass is 16.4. The van der Waals surface area contributed by atoms with Crippen molar-refractivity contribution in [2.24, 2.45) is 5.92 Å². The molecule has 1 N–H and O–H groups in total. The van der Waals surface area contributed by atoms with E-state index in [4.69, 9.17) is 4.98 Å². The third-order valence-electron chi connectivity index (χ3n) is 4.32. The quantitative estimate of drug-likeness (QED) is 0.921. The lowest BCUT2D eigenvalue weighted by atomic mass is 9.94. The molecule has 1 saturated carbocycles. The van der Waals surface area contributed by atoms with Crippen molar-refractivity contribution in [3.8, 4) is 0 Å². The Balaban J connectivity index is 2.20. The molecule has 2 unspecified atom stereocenters. The molecule has 0 radical (unpaired) electrons. The summed E-state index contributed by atoms with van der Waals surface area (Å²) in [6.45, 7) is 6.38. The van der Waals surface area contributed by atoms with Crippen molar-refractivity contribution in [3.05, 3.63) is 24.3 Å². The number of rotatable bonds is 2. The summed E-state index contributed by atoms with van der Waals surface area (Å²) in [5.74, 6) is -0.136. The van der Waals surface area contributed by atoms with Crippen LogP contribution in [0, 0.1) is 5.92 Å². The second-order valence-corrected chi connectivity index (χ2v) is 6.82. The molecule has 0 aromatic carbocycles. The van der Waals surface area contributed by atoms with Gasteiger partial charge in [-0.2, -0.15) is 0 Å². The van der Waals surface area contributed by atoms with Crippen LogP contribution in [0.4, 0.5) is 0 Å². The maximum absolute atomic E-state index is 11.5. The van der Waals surface area contributed by atoms with Crippen LogP contribution in [0.25, 0.3) is 11.0 Å². The van der Waals surface area contributed by atoms with Gasteiger partial charge in [0.25, 0.3) is 0 Å². The average molecular weight is 287 g/mol. The summed E-state index contributed by atoms with van der Waals surface area (Å²) in [7, 11) is 0. The lowest BCUT2D eigenvalue weighted by Gasteiger charge is -2.27. The van der Waals surface area contributed by atoms with Gasteiger partial charge in [-0.05, 0) is 39.7 Å². The Morgan fingerprint density at radius 2 is 2.14 bits per heavy atom. The van der Waals surface area contributed by atoms with Crippen molar-refractivity contribution in [2.75, 3.05) is 0 Å². The fourth-order valence-electron chi connectivity index (χ4n) is 3.47. The average Bonchev–Trinajstić information content (AvgIpc) is 3.01. The van der Waals surface area contributed by atoms with E-state index in [1.807, 2.05) is 6.07 Å². The second-order valence-electron chi connectivity index (χ2n) is 6.82. The Labute approximate surface area is 124 Å². The van der Waals surface area contributed by atoms with Gasteiger partial charge in [-0.15, -0.1) is 0 Å². The van der Waals surface area contributed by atoms with E-state index in [2.05, 4.69) is 30.3 Å². The van der Waals surface area contributed by atoms with Gasteiger partial charge in [0.2, 0.25) is 0 Å². The van der Waals surface area contributed by atoms with Gasteiger partial charge >= 0.3 is 5.97 Å². The van der Waals surface area contributed by atoms with Crippen LogP contribution in [0.2, 0.25) is 0 Å². The van der Waals surface area contributed by atoms with E-state index in [0.717, 1.165) is 36.1 Å². The summed E-state index contributed by atoms with van der Waals surface area (Å²) in [5.41, 5.74) is 1.74. The van der Waals surface area contributed by atoms with E-state index < -0.39 is 5.97 Å². The molecule has 2 aromatic rings. The van der Waals surface area contributed by atoms with Gasteiger partial charge < -0.3 is 9.67 Å². The standard InChI is InChI=1S/C16H21N3O2/c1-16(2,3)19-13-7-8-17-9-12(13)18-14(19)10-5-4-6-11(10)15(20)21/h7-11H,4-6H2,1-3H3,(H,20,21). The van der Waals surface area contributed by atoms with Gasteiger partial charge in [-0.3, -0.25) is 9.78 Å². The molecule has 112 valence electrons. The lowest BCUT2D eigenvalue weighted by Crippen LogP contribution is -2.28. The number of aromatic nitrogens is 3. The second kappa shape index (κ2) is 4.83. The fraction of sp³-hybridized carbons (Fsp3) is 0.562. The highest BCUT2D eigenvalue weighted by Crippen LogP contribution is 2.41. The van der Waals surface area contributed by atoms with E-state index >= 15 is 0 Å². The van der Waals surface area contributed by atoms with Gasteiger partial charge in [0.05, 0.1) is 17.6 Å². The molecule has 1 aliphatic rings. The monoisotopic (exact) mass is 287 g/mol. The molecule has 2 aromatic heterocycles. The Bertz CT molecular complexity index is 684. The molecule has 0 saturated heterocycles. The van der Waals surface area contributed by atoms with Crippen LogP contribution < -0.4 is 0 Å². The fourth-order valence-corrected chi connectivity index (χ4v) is 3.47. The maximum Gasteiger partial charge on any atom is 0.307 e. The molecule has 2 heterocycles. The first kappa shape index (κ1) is 14.0. The maximum atomic E-state index is 11.5. The number of aliphatic carboxylic acids is 1. The zero-order valence-electron chi connectivity index (χ0n) is 12.7. The number of hydrogen-bond acceptors (Lipinski definition) is 3. The molecule has 1 fully saturated rings. The van der Waals surface area contributed by atoms with Gasteiger partial charge in [0, 0.05) is 17.7 Å². The highest BCUT2D eigenvalue weighted by Gasteiger charge is 2.38. The number of carbonyl (C=O) groups is 1. The van der Waals surface area contributed by atoms with Gasteiger partial charge in [-0.25, -0.2) is 4.98 Å². The van der Waals surface area contributed by atoms with Crippen LogP contribution in [0.1, 0.15) is 51.8 Å². The smallest absolute Gasteiger partial charge is 0.307 e. The van der Waals surface area contributed by atoms with Crippen molar-refractivity contribution in [1.29, 1.82) is 0 Å². The topological polar surface area (TPSA) is 68.0 Å². The summed E-state index contributed by atoms with van der Waals surface area (Å²) in [6, 6.07) is 1.96. The van der Waals surface area contributed by atoms with Crippen LogP contribution in [-0.4, -0.2) is 25.6 Å². The molecule has 2 atom stereocenters. The molecule has 0 spiro atoms. The molecule has 0 bridgehead atoms. The third-order valence-corrected chi connectivity index (χ3v) is 4.32. The molecular formula is C16H21N3O2. The summed E-state index contributed by atoms with van der Waals surface area (Å²) in [4.78, 5) is 20.4. The summed E-state index contributed by atoms with van der Waals surface area (Å²) in [6.07, 6.45) is 6.10. The normalized spacial score (nSPS) is 22.8. The van der Waals surface area contributed by atoms with Crippen LogP contribution in [0.5, 0.6) is 0 Å². The molecule has 1 aliphatic carbocycles. The number of nitrogens with zero attached hydrogens (tertiary/aromatic N) is 3. The molecule has 3 rings (SSSR count). The van der Waals surface area contributed by atoms with Gasteiger partial charge in [-0.1, -0.05) is 6.42 Å². The number of fused-ring (bicyclic) bond motifs is 1. The number of pyridine rings is 1. The van der Waals surface area contributed by atoms with Crippen molar-refractivity contribution >= 4 is 17.0 Å². The molecule has 0 aliphatic heterocycles. The van der Waals surface area contributed by atoms with E-state index in [1.165, 1.54) is 0 Å². The summed E-state index contributed by atoms with van der Waals surface area (Å²) in [5, 5.41) is 9.46. The molecule has 21 heavy (non-hydrogen) atoms. The molecule has 0 amide bonds. The Morgan fingerprint density at radius 3 is 2.81 bits per heavy atom. The predicted molar refractivity (Wildman–Crippen MR) is 80.2 cm³/mol. The van der Waals surface area contributed by atoms with Crippen molar-refractivity contribution < 1.29 is 9.90 Å². The van der Waals surface area contributed by atoms with Crippen LogP contribution in [0.3, 0.4) is 0 Å². The van der Waals surface area contributed by atoms with Crippen molar-refractivity contribution in [3.63, 3.8) is 0 Å². The number of carboxylic acid groups (broad SMARTS) is 1. The van der Waals surface area contributed by atoms with E-state index in [-0.39, 0.29) is 17.4 Å². The molecule has 5 heteroatoms. The number of imidazole rings is 1. The highest BCUT2D eigenvalue weighted by molar-refractivity contribution is 5.76. The largest absolute Gasteiger partial charge is 0.481 e. The van der Waals surface area contributed by atoms with Crippen LogP contribution >= 0.6 is 0 Å². The Morgan fingerprint density at radius 1 is 1.38 bits per heavy atom. The van der Waals surface area contributed by atoms with Gasteiger partial charge in [0.1, 0.15) is 11.3 Å². The van der Waals surface area contributed by atoms with E-state index in [1.54, 1.807) is 12.4 Å². The minimum atomic E-state index is -0.705. The number of carboxylic acids is 1. The summed E-state index contributed by atoms with van der Waals surface area (Å²) >= 11 is 0. The minimum Gasteiger partial charge on any atom is -0.481 e.